The van der Waals surface area contributed by atoms with Crippen molar-refractivity contribution in [2.75, 3.05) is 12.4 Å². The van der Waals surface area contributed by atoms with Gasteiger partial charge in [0.15, 0.2) is 0 Å². The molecule has 1 aliphatic carbocycles. The summed E-state index contributed by atoms with van der Waals surface area (Å²) in [6.45, 7) is 0. The highest BCUT2D eigenvalue weighted by Crippen LogP contribution is 2.43. The molecule has 1 saturated carbocycles. The molecule has 1 unspecified atom stereocenters. The number of hydrogen-bond acceptors (Lipinski definition) is 5. The maximum absolute atomic E-state index is 13.1. The Hall–Kier alpha value is -3.29. The van der Waals surface area contributed by atoms with Crippen molar-refractivity contribution in [2.45, 2.75) is 49.9 Å². The van der Waals surface area contributed by atoms with Gasteiger partial charge in [-0.3, -0.25) is 24.0 Å². The maximum Gasteiger partial charge on any atom is 0.408 e. The first-order valence-electron chi connectivity index (χ1n) is 11.0. The minimum atomic E-state index is -4.73. The Morgan fingerprint density at radius 2 is 1.84 bits per heavy atom. The third-order valence-corrected chi connectivity index (χ3v) is 6.38. The minimum absolute atomic E-state index is 0.0238. The van der Waals surface area contributed by atoms with Crippen LogP contribution in [-0.2, 0) is 19.2 Å². The Bertz CT molecular complexity index is 1120. The minimum Gasteiger partial charge on any atom is -0.353 e. The zero-order chi connectivity index (χ0) is 27.7. The zero-order valence-corrected chi connectivity index (χ0v) is 19.9. The average Bonchev–Trinajstić information content (AvgIpc) is 3.17. The standard InChI is InChI=1S/C22H22ClF5N4O5/c1-29-20(37)16(33)14(4-9-5-15(22(26,27)28)32-17(9)34)31-19(36)12-6-11(23)2-3-13(12)30-18(35)10-7-21(24,25)8-10/h2-3,6,9-10,14-15H,4-5,7-8H2,1H3,(H,29,37)(H,30,35)(H,31,36)(H,32,34)/t9-,14?,15+/m1/s1. The Labute approximate surface area is 211 Å². The van der Waals surface area contributed by atoms with Gasteiger partial charge < -0.3 is 21.3 Å². The molecule has 1 saturated heterocycles. The molecule has 0 bridgehead atoms. The summed E-state index contributed by atoms with van der Waals surface area (Å²) in [5.74, 6) is -10.5. The second-order valence-electron chi connectivity index (χ2n) is 8.88. The lowest BCUT2D eigenvalue weighted by molar-refractivity contribution is -0.155. The van der Waals surface area contributed by atoms with Crippen LogP contribution in [0, 0.1) is 11.8 Å². The van der Waals surface area contributed by atoms with Crippen LogP contribution >= 0.6 is 11.6 Å². The summed E-state index contributed by atoms with van der Waals surface area (Å²) in [4.78, 5) is 62.0. The fourth-order valence-corrected chi connectivity index (χ4v) is 4.26. The first-order valence-corrected chi connectivity index (χ1v) is 11.4. The molecule has 1 heterocycles. The molecule has 3 atom stereocenters. The van der Waals surface area contributed by atoms with Gasteiger partial charge in [0.1, 0.15) is 6.04 Å². The molecule has 0 aromatic heterocycles. The van der Waals surface area contributed by atoms with Gasteiger partial charge in [-0.25, -0.2) is 8.78 Å². The summed E-state index contributed by atoms with van der Waals surface area (Å²) in [5.41, 5.74) is -0.435. The number of amides is 4. The van der Waals surface area contributed by atoms with E-state index in [1.54, 1.807) is 5.32 Å². The number of rotatable bonds is 8. The molecule has 1 aromatic carbocycles. The summed E-state index contributed by atoms with van der Waals surface area (Å²) < 4.78 is 65.3. The van der Waals surface area contributed by atoms with Crippen LogP contribution in [0.5, 0.6) is 0 Å². The third kappa shape index (κ3) is 6.73. The number of nitrogens with one attached hydrogen (secondary N) is 4. The maximum atomic E-state index is 13.1. The normalized spacial score (nSPS) is 21.9. The monoisotopic (exact) mass is 552 g/mol. The van der Waals surface area contributed by atoms with E-state index < -0.39 is 91.1 Å². The van der Waals surface area contributed by atoms with E-state index >= 15 is 0 Å². The van der Waals surface area contributed by atoms with Crippen LogP contribution in [0.25, 0.3) is 0 Å². The van der Waals surface area contributed by atoms with Crippen LogP contribution in [0.1, 0.15) is 36.0 Å². The number of carbonyl (C=O) groups excluding carboxylic acids is 5. The van der Waals surface area contributed by atoms with Crippen molar-refractivity contribution in [1.82, 2.24) is 16.0 Å². The SMILES string of the molecule is CNC(=O)C(=O)C(C[C@@H]1C[C@@H](C(F)(F)F)NC1=O)NC(=O)c1cc(Cl)ccc1NC(=O)C1CC(F)(F)C1. The molecule has 9 nitrogen and oxygen atoms in total. The molecule has 3 rings (SSSR count). The number of hydrogen-bond donors (Lipinski definition) is 4. The molecular weight excluding hydrogens is 531 g/mol. The van der Waals surface area contributed by atoms with E-state index in [0.717, 1.165) is 13.1 Å². The molecule has 1 aliphatic heterocycles. The smallest absolute Gasteiger partial charge is 0.353 e. The molecule has 202 valence electrons. The van der Waals surface area contributed by atoms with Crippen molar-refractivity contribution in [3.05, 3.63) is 28.8 Å². The zero-order valence-electron chi connectivity index (χ0n) is 19.2. The van der Waals surface area contributed by atoms with E-state index in [2.05, 4.69) is 10.6 Å². The fourth-order valence-electron chi connectivity index (χ4n) is 4.09. The van der Waals surface area contributed by atoms with Gasteiger partial charge in [-0.2, -0.15) is 13.2 Å². The topological polar surface area (TPSA) is 133 Å². The van der Waals surface area contributed by atoms with Gasteiger partial charge in [0.05, 0.1) is 17.3 Å². The van der Waals surface area contributed by atoms with Crippen molar-refractivity contribution >= 4 is 46.7 Å². The molecule has 1 aromatic rings. The van der Waals surface area contributed by atoms with Gasteiger partial charge in [-0.05, 0) is 31.0 Å². The van der Waals surface area contributed by atoms with Gasteiger partial charge >= 0.3 is 6.18 Å². The number of carbonyl (C=O) groups is 5. The molecule has 37 heavy (non-hydrogen) atoms. The first-order chi connectivity index (χ1) is 17.1. The molecule has 4 N–H and O–H groups in total. The molecule has 0 radical (unpaired) electrons. The summed E-state index contributed by atoms with van der Waals surface area (Å²) in [5, 5.41) is 8.42. The Kier molecular flexibility index (Phi) is 8.10. The van der Waals surface area contributed by atoms with Crippen LogP contribution in [0.2, 0.25) is 5.02 Å². The van der Waals surface area contributed by atoms with Crippen LogP contribution in [0.15, 0.2) is 18.2 Å². The largest absolute Gasteiger partial charge is 0.408 e. The van der Waals surface area contributed by atoms with Crippen LogP contribution in [-0.4, -0.2) is 60.6 Å². The van der Waals surface area contributed by atoms with Gasteiger partial charge in [0.25, 0.3) is 11.8 Å². The Balaban J connectivity index is 1.80. The molecule has 0 spiro atoms. The highest BCUT2D eigenvalue weighted by atomic mass is 35.5. The third-order valence-electron chi connectivity index (χ3n) is 6.14. The highest BCUT2D eigenvalue weighted by Gasteiger charge is 2.50. The molecule has 2 aliphatic rings. The second-order valence-corrected chi connectivity index (χ2v) is 9.32. The second kappa shape index (κ2) is 10.6. The highest BCUT2D eigenvalue weighted by molar-refractivity contribution is 6.38. The fraction of sp³-hybridized carbons (Fsp3) is 0.500. The predicted octanol–water partition coefficient (Wildman–Crippen LogP) is 2.19. The summed E-state index contributed by atoms with van der Waals surface area (Å²) >= 11 is 5.94. The van der Waals surface area contributed by atoms with E-state index in [1.165, 1.54) is 12.1 Å². The average molecular weight is 553 g/mol. The lowest BCUT2D eigenvalue weighted by atomic mass is 9.80. The number of alkyl halides is 5. The number of likely N-dealkylation sites (N-methyl/N-ethyl adjacent to an activating group) is 1. The number of Topliss-reactive ketones (excluding diaryl/α,β-unsaturated/α-hetero) is 1. The van der Waals surface area contributed by atoms with Crippen molar-refractivity contribution in [3.63, 3.8) is 0 Å². The van der Waals surface area contributed by atoms with Crippen molar-refractivity contribution in [3.8, 4) is 0 Å². The van der Waals surface area contributed by atoms with E-state index in [4.69, 9.17) is 11.6 Å². The van der Waals surface area contributed by atoms with Gasteiger partial charge in [-0.1, -0.05) is 11.6 Å². The number of benzene rings is 1. The molecule has 2 fully saturated rings. The predicted molar refractivity (Wildman–Crippen MR) is 119 cm³/mol. The molecule has 15 heteroatoms. The van der Waals surface area contributed by atoms with E-state index in [9.17, 15) is 45.9 Å². The summed E-state index contributed by atoms with van der Waals surface area (Å²) in [6.07, 6.45) is -7.39. The molecule has 4 amide bonds. The van der Waals surface area contributed by atoms with E-state index in [1.807, 2.05) is 5.32 Å². The van der Waals surface area contributed by atoms with Gasteiger partial charge in [0, 0.05) is 36.7 Å². The van der Waals surface area contributed by atoms with Crippen molar-refractivity contribution in [1.29, 1.82) is 0 Å². The molecular formula is C22H22ClF5N4O5. The lowest BCUT2D eigenvalue weighted by Gasteiger charge is -2.33. The lowest BCUT2D eigenvalue weighted by Crippen LogP contribution is -2.48. The van der Waals surface area contributed by atoms with Crippen LogP contribution < -0.4 is 21.3 Å². The summed E-state index contributed by atoms with van der Waals surface area (Å²) in [7, 11) is 1.12. The van der Waals surface area contributed by atoms with Gasteiger partial charge in [0.2, 0.25) is 23.5 Å². The quantitative estimate of drug-likeness (QED) is 0.290. The van der Waals surface area contributed by atoms with Crippen molar-refractivity contribution < 1.29 is 45.9 Å². The number of anilines is 1. The van der Waals surface area contributed by atoms with Crippen LogP contribution in [0.3, 0.4) is 0 Å². The summed E-state index contributed by atoms with van der Waals surface area (Å²) in [6, 6.07) is -0.227. The Morgan fingerprint density at radius 3 is 2.38 bits per heavy atom. The van der Waals surface area contributed by atoms with Gasteiger partial charge in [-0.15, -0.1) is 0 Å². The first kappa shape index (κ1) is 28.3. The van der Waals surface area contributed by atoms with E-state index in [0.29, 0.717) is 0 Å². The number of halogens is 6. The Morgan fingerprint density at radius 1 is 1.19 bits per heavy atom. The van der Waals surface area contributed by atoms with Crippen molar-refractivity contribution in [2.24, 2.45) is 11.8 Å². The van der Waals surface area contributed by atoms with E-state index in [-0.39, 0.29) is 16.3 Å². The number of ketones is 1. The van der Waals surface area contributed by atoms with Crippen LogP contribution in [0.4, 0.5) is 27.6 Å².